The van der Waals surface area contributed by atoms with Crippen molar-refractivity contribution in [2.24, 2.45) is 0 Å². The summed E-state index contributed by atoms with van der Waals surface area (Å²) in [7, 11) is -1.98. The van der Waals surface area contributed by atoms with Crippen molar-refractivity contribution >= 4 is 41.4 Å². The molecular weight excluding hydrogens is 462 g/mol. The Bertz CT molecular complexity index is 893. The summed E-state index contributed by atoms with van der Waals surface area (Å²) in [6.07, 6.45) is 4.46. The molecule has 30 heavy (non-hydrogen) atoms. The fraction of sp³-hybridized carbons (Fsp3) is 0.636. The van der Waals surface area contributed by atoms with Crippen molar-refractivity contribution in [3.8, 4) is 0 Å². The van der Waals surface area contributed by atoms with Gasteiger partial charge < -0.3 is 19.0 Å². The zero-order chi connectivity index (χ0) is 22.1. The Morgan fingerprint density at radius 2 is 2.10 bits per heavy atom. The highest BCUT2D eigenvalue weighted by atomic mass is 79.9. The van der Waals surface area contributed by atoms with E-state index in [1.165, 1.54) is 0 Å². The van der Waals surface area contributed by atoms with Crippen molar-refractivity contribution in [1.82, 2.24) is 14.5 Å². The molecule has 2 atom stereocenters. The fourth-order valence-electron chi connectivity index (χ4n) is 4.02. The van der Waals surface area contributed by atoms with Gasteiger partial charge in [-0.05, 0) is 71.9 Å². The van der Waals surface area contributed by atoms with Gasteiger partial charge in [0.2, 0.25) is 0 Å². The van der Waals surface area contributed by atoms with Gasteiger partial charge in [0, 0.05) is 17.6 Å². The highest BCUT2D eigenvalue weighted by Gasteiger charge is 2.43. The Hall–Kier alpha value is -1.38. The summed E-state index contributed by atoms with van der Waals surface area (Å²) < 4.78 is 9.90. The van der Waals surface area contributed by atoms with E-state index in [0.717, 1.165) is 47.7 Å². The number of piperidine rings is 1. The molecule has 8 heteroatoms. The van der Waals surface area contributed by atoms with Crippen LogP contribution in [0, 0.1) is 0 Å². The molecule has 0 aliphatic carbocycles. The molecule has 0 unspecified atom stereocenters. The molecule has 1 aliphatic rings. The van der Waals surface area contributed by atoms with Gasteiger partial charge in [-0.25, -0.2) is 9.78 Å². The summed E-state index contributed by atoms with van der Waals surface area (Å²) in [6, 6.07) is 5.92. The smallest absolute Gasteiger partial charge is 0.407 e. The Kier molecular flexibility index (Phi) is 6.99. The first-order valence-electron chi connectivity index (χ1n) is 10.8. The van der Waals surface area contributed by atoms with Gasteiger partial charge in [-0.1, -0.05) is 26.8 Å². The maximum absolute atomic E-state index is 11.9. The van der Waals surface area contributed by atoms with Crippen molar-refractivity contribution in [1.29, 1.82) is 0 Å². The molecule has 3 rings (SSSR count). The van der Waals surface area contributed by atoms with Crippen molar-refractivity contribution in [3.05, 3.63) is 29.0 Å². The molecule has 166 valence electrons. The summed E-state index contributed by atoms with van der Waals surface area (Å²) >= 11 is 3.62. The van der Waals surface area contributed by atoms with Crippen molar-refractivity contribution in [2.75, 3.05) is 6.54 Å². The van der Waals surface area contributed by atoms with Gasteiger partial charge in [0.15, 0.2) is 8.32 Å². The number of likely N-dealkylation sites (tertiary alicyclic amines) is 1. The largest absolute Gasteiger partial charge is 0.465 e. The van der Waals surface area contributed by atoms with E-state index in [1.807, 2.05) is 24.5 Å². The van der Waals surface area contributed by atoms with Gasteiger partial charge in [-0.3, -0.25) is 0 Å². The number of halogens is 1. The average Bonchev–Trinajstić information content (AvgIpc) is 3.06. The molecule has 1 aromatic carbocycles. The molecule has 1 aromatic heterocycles. The first kappa shape index (κ1) is 23.3. The number of rotatable bonds is 6. The van der Waals surface area contributed by atoms with Crippen LogP contribution in [0.4, 0.5) is 4.79 Å². The normalized spacial score (nSPS) is 20.7. The molecule has 1 amide bonds. The number of carbonyl (C=O) groups is 1. The first-order chi connectivity index (χ1) is 14.0. The molecule has 1 fully saturated rings. The van der Waals surface area contributed by atoms with E-state index in [2.05, 4.69) is 59.3 Å². The van der Waals surface area contributed by atoms with Crippen LogP contribution in [-0.2, 0) is 11.0 Å². The third-order valence-corrected chi connectivity index (χ3v) is 11.8. The summed E-state index contributed by atoms with van der Waals surface area (Å²) in [4.78, 5) is 18.0. The van der Waals surface area contributed by atoms with E-state index in [4.69, 9.17) is 4.43 Å². The number of para-hydroxylation sites is 1. The van der Waals surface area contributed by atoms with E-state index in [9.17, 15) is 9.90 Å². The lowest BCUT2D eigenvalue weighted by Gasteiger charge is -2.46. The second-order valence-electron chi connectivity index (χ2n) is 9.79. The summed E-state index contributed by atoms with van der Waals surface area (Å²) in [6.45, 7) is 12.6. The molecule has 1 saturated heterocycles. The third-order valence-electron chi connectivity index (χ3n) is 6.70. The van der Waals surface area contributed by atoms with E-state index in [1.54, 1.807) is 4.90 Å². The fourth-order valence-corrected chi connectivity index (χ4v) is 5.98. The minimum absolute atomic E-state index is 0.0259. The van der Waals surface area contributed by atoms with Crippen LogP contribution >= 0.6 is 15.9 Å². The minimum atomic E-state index is -1.98. The number of aryl methyl sites for hydroxylation is 1. The van der Waals surface area contributed by atoms with Crippen molar-refractivity contribution in [3.63, 3.8) is 0 Å². The monoisotopic (exact) mass is 495 g/mol. The standard InChI is InChI=1S/C22H34BrN3O3Si/c1-22(2,3)30(4,5)29-19-12-8-14-26(21(27)28)18(19)11-7-13-25-15-24-17-10-6-9-16(23)20(17)25/h6,9-10,15,18-19H,7-8,11-14H2,1-5H3,(H,27,28)/t18-,19+/m1/s1. The molecule has 0 saturated carbocycles. The van der Waals surface area contributed by atoms with Gasteiger partial charge in [0.25, 0.3) is 0 Å². The minimum Gasteiger partial charge on any atom is -0.465 e. The van der Waals surface area contributed by atoms with Crippen LogP contribution in [0.1, 0.15) is 46.5 Å². The van der Waals surface area contributed by atoms with Gasteiger partial charge in [-0.2, -0.15) is 0 Å². The van der Waals surface area contributed by atoms with Crippen LogP contribution in [0.5, 0.6) is 0 Å². The number of fused-ring (bicyclic) bond motifs is 1. The lowest BCUT2D eigenvalue weighted by atomic mass is 9.95. The number of amides is 1. The number of imidazole rings is 1. The zero-order valence-corrected chi connectivity index (χ0v) is 21.3. The molecular formula is C22H34BrN3O3Si. The van der Waals surface area contributed by atoms with Crippen LogP contribution in [0.3, 0.4) is 0 Å². The Morgan fingerprint density at radius 1 is 1.37 bits per heavy atom. The third kappa shape index (κ3) is 4.91. The van der Waals surface area contributed by atoms with Crippen LogP contribution in [0.2, 0.25) is 18.1 Å². The lowest BCUT2D eigenvalue weighted by molar-refractivity contribution is 0.0181. The number of hydrogen-bond acceptors (Lipinski definition) is 3. The van der Waals surface area contributed by atoms with Crippen molar-refractivity contribution < 1.29 is 14.3 Å². The molecule has 0 spiro atoms. The topological polar surface area (TPSA) is 67.6 Å². The predicted octanol–water partition coefficient (Wildman–Crippen LogP) is 6.11. The maximum atomic E-state index is 11.9. The summed E-state index contributed by atoms with van der Waals surface area (Å²) in [5.41, 5.74) is 2.05. The quantitative estimate of drug-likeness (QED) is 0.490. The predicted molar refractivity (Wildman–Crippen MR) is 126 cm³/mol. The molecule has 1 aliphatic heterocycles. The molecule has 1 N–H and O–H groups in total. The molecule has 0 bridgehead atoms. The van der Waals surface area contributed by atoms with Gasteiger partial charge in [-0.15, -0.1) is 0 Å². The maximum Gasteiger partial charge on any atom is 0.407 e. The number of hydrogen-bond donors (Lipinski definition) is 1. The molecule has 6 nitrogen and oxygen atoms in total. The lowest BCUT2D eigenvalue weighted by Crippen LogP contribution is -2.55. The zero-order valence-electron chi connectivity index (χ0n) is 18.7. The van der Waals surface area contributed by atoms with Gasteiger partial charge in [0.05, 0.1) is 29.5 Å². The number of carboxylic acid groups (broad SMARTS) is 1. The summed E-state index contributed by atoms with van der Waals surface area (Å²) in [5.74, 6) is 0. The van der Waals surface area contributed by atoms with Crippen LogP contribution in [-0.4, -0.2) is 52.7 Å². The Morgan fingerprint density at radius 3 is 2.77 bits per heavy atom. The number of aromatic nitrogens is 2. The van der Waals surface area contributed by atoms with Gasteiger partial charge >= 0.3 is 6.09 Å². The molecule has 2 heterocycles. The second-order valence-corrected chi connectivity index (χ2v) is 15.4. The van der Waals surface area contributed by atoms with Crippen molar-refractivity contribution in [2.45, 2.75) is 83.3 Å². The van der Waals surface area contributed by atoms with E-state index < -0.39 is 14.4 Å². The first-order valence-corrected chi connectivity index (χ1v) is 14.5. The van der Waals surface area contributed by atoms with Crippen LogP contribution in [0.25, 0.3) is 11.0 Å². The second kappa shape index (κ2) is 9.00. The van der Waals surface area contributed by atoms with Crippen LogP contribution in [0.15, 0.2) is 29.0 Å². The molecule has 0 radical (unpaired) electrons. The summed E-state index contributed by atoms with van der Waals surface area (Å²) in [5, 5.41) is 9.91. The van der Waals surface area contributed by atoms with E-state index in [0.29, 0.717) is 6.54 Å². The van der Waals surface area contributed by atoms with Crippen LogP contribution < -0.4 is 0 Å². The van der Waals surface area contributed by atoms with E-state index in [-0.39, 0.29) is 17.2 Å². The Labute approximate surface area is 188 Å². The highest BCUT2D eigenvalue weighted by molar-refractivity contribution is 9.10. The number of benzene rings is 1. The highest BCUT2D eigenvalue weighted by Crippen LogP contribution is 2.39. The molecule has 2 aromatic rings. The SMILES string of the molecule is CC(C)(C)[Si](C)(C)O[C@H]1CCCN(C(=O)O)[C@@H]1CCCn1cnc2cccc(Br)c21. The Balaban J connectivity index is 1.74. The number of nitrogens with zero attached hydrogens (tertiary/aromatic N) is 3. The average molecular weight is 497 g/mol. The van der Waals surface area contributed by atoms with Gasteiger partial charge in [0.1, 0.15) is 0 Å². The van der Waals surface area contributed by atoms with E-state index >= 15 is 0 Å².